The molecule has 0 aliphatic heterocycles. The maximum absolute atomic E-state index is 10.9. The molecule has 0 saturated carbocycles. The van der Waals surface area contributed by atoms with Gasteiger partial charge in [0.1, 0.15) is 0 Å². The molecule has 1 aliphatic carbocycles. The lowest BCUT2D eigenvalue weighted by molar-refractivity contribution is -0.137. The van der Waals surface area contributed by atoms with Gasteiger partial charge in [0.2, 0.25) is 0 Å². The first kappa shape index (κ1) is 13.6. The number of carboxylic acid groups (broad SMARTS) is 1. The fraction of sp³-hybridized carbons (Fsp3) is 0.353. The number of allylic oxidation sites excluding steroid dienone is 4. The molecule has 2 rings (SSSR count). The molecule has 1 N–H and O–H groups in total. The van der Waals surface area contributed by atoms with Crippen LogP contribution < -0.4 is 0 Å². The van der Waals surface area contributed by atoms with Crippen LogP contribution >= 0.6 is 0 Å². The highest BCUT2D eigenvalue weighted by Gasteiger charge is 2.17. The second-order valence-electron chi connectivity index (χ2n) is 5.00. The number of hydrogen-bond acceptors (Lipinski definition) is 1. The molecule has 1 aromatic carbocycles. The van der Waals surface area contributed by atoms with Crippen LogP contribution in [0.3, 0.4) is 0 Å². The molecule has 0 aromatic heterocycles. The Morgan fingerprint density at radius 3 is 2.84 bits per heavy atom. The van der Waals surface area contributed by atoms with Gasteiger partial charge in [-0.3, -0.25) is 4.79 Å². The van der Waals surface area contributed by atoms with Crippen molar-refractivity contribution in [3.8, 4) is 0 Å². The number of aliphatic carboxylic acids is 1. The fourth-order valence-electron chi connectivity index (χ4n) is 2.54. The molecule has 2 heteroatoms. The molecule has 19 heavy (non-hydrogen) atoms. The number of benzene rings is 1. The van der Waals surface area contributed by atoms with Gasteiger partial charge in [-0.2, -0.15) is 0 Å². The number of hydrogen-bond donors (Lipinski definition) is 1. The summed E-state index contributed by atoms with van der Waals surface area (Å²) in [6, 6.07) is 10.4. The smallest absolute Gasteiger partial charge is 0.303 e. The molecule has 0 heterocycles. The minimum atomic E-state index is -0.700. The zero-order valence-electron chi connectivity index (χ0n) is 11.1. The van der Waals surface area contributed by atoms with E-state index in [0.717, 1.165) is 25.7 Å². The van der Waals surface area contributed by atoms with Gasteiger partial charge < -0.3 is 5.11 Å². The molecule has 0 radical (unpaired) electrons. The van der Waals surface area contributed by atoms with E-state index in [1.165, 1.54) is 11.1 Å². The minimum absolute atomic E-state index is 0.193. The van der Waals surface area contributed by atoms with E-state index >= 15 is 0 Å². The molecule has 0 spiro atoms. The lowest BCUT2D eigenvalue weighted by atomic mass is 9.86. The van der Waals surface area contributed by atoms with E-state index in [1.807, 2.05) is 6.07 Å². The van der Waals surface area contributed by atoms with Crippen molar-refractivity contribution in [1.29, 1.82) is 0 Å². The topological polar surface area (TPSA) is 37.3 Å². The van der Waals surface area contributed by atoms with Crippen LogP contribution in [0.2, 0.25) is 0 Å². The Balaban J connectivity index is 1.94. The first-order valence-corrected chi connectivity index (χ1v) is 6.88. The van der Waals surface area contributed by atoms with E-state index in [0.29, 0.717) is 0 Å². The average Bonchev–Trinajstić information content (AvgIpc) is 2.41. The van der Waals surface area contributed by atoms with Crippen molar-refractivity contribution >= 4 is 5.97 Å². The maximum Gasteiger partial charge on any atom is 0.303 e. The third-order valence-corrected chi connectivity index (χ3v) is 3.54. The summed E-state index contributed by atoms with van der Waals surface area (Å²) < 4.78 is 0. The van der Waals surface area contributed by atoms with Crippen LogP contribution in [0.1, 0.15) is 31.2 Å². The number of rotatable bonds is 5. The van der Waals surface area contributed by atoms with Gasteiger partial charge in [0, 0.05) is 0 Å². The van der Waals surface area contributed by atoms with Gasteiger partial charge in [0.25, 0.3) is 0 Å². The zero-order chi connectivity index (χ0) is 13.5. The van der Waals surface area contributed by atoms with Gasteiger partial charge >= 0.3 is 5.97 Å². The molecule has 2 nitrogen and oxygen atoms in total. The monoisotopic (exact) mass is 256 g/mol. The molecule has 100 valence electrons. The Kier molecular flexibility index (Phi) is 4.96. The van der Waals surface area contributed by atoms with Gasteiger partial charge in [0.15, 0.2) is 0 Å². The Morgan fingerprint density at radius 1 is 1.32 bits per heavy atom. The number of carboxylic acids is 1. The largest absolute Gasteiger partial charge is 0.481 e. The van der Waals surface area contributed by atoms with E-state index < -0.39 is 5.97 Å². The van der Waals surface area contributed by atoms with Gasteiger partial charge in [-0.1, -0.05) is 48.6 Å². The normalized spacial score (nSPS) is 20.6. The SMILES string of the molecule is O=C(O)CC1CCC=CC1=CCCc1ccccc1. The molecular formula is C17H20O2. The highest BCUT2D eigenvalue weighted by molar-refractivity contribution is 5.67. The predicted octanol–water partition coefficient (Wildman–Crippen LogP) is 3.99. The van der Waals surface area contributed by atoms with Crippen LogP contribution in [0.15, 0.2) is 54.1 Å². The Hall–Kier alpha value is -1.83. The summed E-state index contributed by atoms with van der Waals surface area (Å²) in [7, 11) is 0. The standard InChI is InChI=1S/C17H20O2/c18-17(19)13-16-11-5-4-10-15(16)12-6-9-14-7-2-1-3-8-14/h1-4,7-8,10,12,16H,5-6,9,11,13H2,(H,18,19). The summed E-state index contributed by atoms with van der Waals surface area (Å²) in [4.78, 5) is 10.9. The van der Waals surface area contributed by atoms with Crippen molar-refractivity contribution in [2.24, 2.45) is 5.92 Å². The molecule has 0 fully saturated rings. The van der Waals surface area contributed by atoms with Crippen LogP contribution in [0, 0.1) is 5.92 Å². The molecule has 0 bridgehead atoms. The highest BCUT2D eigenvalue weighted by atomic mass is 16.4. The summed E-state index contributed by atoms with van der Waals surface area (Å²) in [6.45, 7) is 0. The third kappa shape index (κ3) is 4.40. The van der Waals surface area contributed by atoms with Crippen molar-refractivity contribution in [1.82, 2.24) is 0 Å². The van der Waals surface area contributed by atoms with Crippen molar-refractivity contribution in [3.05, 3.63) is 59.7 Å². The summed E-state index contributed by atoms with van der Waals surface area (Å²) in [5, 5.41) is 8.94. The molecule has 0 amide bonds. The molecule has 1 unspecified atom stereocenters. The second-order valence-corrected chi connectivity index (χ2v) is 5.00. The van der Waals surface area contributed by atoms with Crippen LogP contribution in [0.5, 0.6) is 0 Å². The van der Waals surface area contributed by atoms with Gasteiger partial charge in [0.05, 0.1) is 6.42 Å². The van der Waals surface area contributed by atoms with Gasteiger partial charge in [-0.05, 0) is 42.7 Å². The molecule has 1 aromatic rings. The Bertz CT molecular complexity index is 471. The zero-order valence-corrected chi connectivity index (χ0v) is 11.1. The van der Waals surface area contributed by atoms with Crippen molar-refractivity contribution < 1.29 is 9.90 Å². The van der Waals surface area contributed by atoms with Gasteiger partial charge in [-0.15, -0.1) is 0 Å². The first-order valence-electron chi connectivity index (χ1n) is 6.88. The summed E-state index contributed by atoms with van der Waals surface area (Å²) in [5.41, 5.74) is 2.53. The Morgan fingerprint density at radius 2 is 2.11 bits per heavy atom. The first-order chi connectivity index (χ1) is 9.25. The fourth-order valence-corrected chi connectivity index (χ4v) is 2.54. The van der Waals surface area contributed by atoms with Crippen LogP contribution in [0.4, 0.5) is 0 Å². The van der Waals surface area contributed by atoms with Crippen molar-refractivity contribution in [2.75, 3.05) is 0 Å². The van der Waals surface area contributed by atoms with Gasteiger partial charge in [-0.25, -0.2) is 0 Å². The summed E-state index contributed by atoms with van der Waals surface area (Å²) in [5.74, 6) is -0.507. The van der Waals surface area contributed by atoms with Crippen LogP contribution in [-0.2, 0) is 11.2 Å². The van der Waals surface area contributed by atoms with Crippen molar-refractivity contribution in [2.45, 2.75) is 32.1 Å². The van der Waals surface area contributed by atoms with E-state index in [-0.39, 0.29) is 12.3 Å². The minimum Gasteiger partial charge on any atom is -0.481 e. The molecule has 1 atom stereocenters. The summed E-state index contributed by atoms with van der Waals surface area (Å²) >= 11 is 0. The van der Waals surface area contributed by atoms with E-state index in [9.17, 15) is 4.79 Å². The quantitative estimate of drug-likeness (QED) is 0.865. The average molecular weight is 256 g/mol. The molecular weight excluding hydrogens is 236 g/mol. The predicted molar refractivity (Wildman–Crippen MR) is 77.0 cm³/mol. The lowest BCUT2D eigenvalue weighted by Gasteiger charge is -2.19. The number of aryl methyl sites for hydroxylation is 1. The summed E-state index contributed by atoms with van der Waals surface area (Å²) in [6.07, 6.45) is 10.6. The van der Waals surface area contributed by atoms with Crippen LogP contribution in [-0.4, -0.2) is 11.1 Å². The highest BCUT2D eigenvalue weighted by Crippen LogP contribution is 2.27. The lowest BCUT2D eigenvalue weighted by Crippen LogP contribution is -2.12. The third-order valence-electron chi connectivity index (χ3n) is 3.54. The van der Waals surface area contributed by atoms with Crippen LogP contribution in [0.25, 0.3) is 0 Å². The number of carbonyl (C=O) groups is 1. The van der Waals surface area contributed by atoms with E-state index in [2.05, 4.69) is 42.5 Å². The molecule has 1 aliphatic rings. The van der Waals surface area contributed by atoms with E-state index in [1.54, 1.807) is 0 Å². The van der Waals surface area contributed by atoms with E-state index in [4.69, 9.17) is 5.11 Å². The van der Waals surface area contributed by atoms with Crippen molar-refractivity contribution in [3.63, 3.8) is 0 Å². The second kappa shape index (κ2) is 6.93. The molecule has 0 saturated heterocycles. The maximum atomic E-state index is 10.9. The Labute approximate surface area is 114 Å².